The number of ether oxygens (including phenoxy) is 1. The lowest BCUT2D eigenvalue weighted by Gasteiger charge is -2.16. The van der Waals surface area contributed by atoms with Gasteiger partial charge in [-0.1, -0.05) is 29.8 Å². The minimum Gasteiger partial charge on any atom is -0.492 e. The molecule has 0 radical (unpaired) electrons. The Morgan fingerprint density at radius 1 is 1.35 bits per heavy atom. The molecule has 0 heterocycles. The van der Waals surface area contributed by atoms with E-state index in [1.807, 2.05) is 19.1 Å². The van der Waals surface area contributed by atoms with Gasteiger partial charge in [0.2, 0.25) is 0 Å². The Labute approximate surface area is 130 Å². The van der Waals surface area contributed by atoms with Crippen LogP contribution >= 0.6 is 15.9 Å². The van der Waals surface area contributed by atoms with E-state index < -0.39 is 9.84 Å². The Kier molecular flexibility index (Phi) is 6.48. The first-order valence-electron chi connectivity index (χ1n) is 6.52. The van der Waals surface area contributed by atoms with Crippen LogP contribution in [-0.4, -0.2) is 33.1 Å². The number of sulfone groups is 1. The molecule has 0 aliphatic rings. The van der Waals surface area contributed by atoms with E-state index in [4.69, 9.17) is 4.74 Å². The van der Waals surface area contributed by atoms with E-state index in [0.717, 1.165) is 21.3 Å². The van der Waals surface area contributed by atoms with Crippen LogP contribution in [0.15, 0.2) is 16.6 Å². The zero-order chi connectivity index (χ0) is 15.3. The highest BCUT2D eigenvalue weighted by molar-refractivity contribution is 9.10. The fourth-order valence-corrected chi connectivity index (χ4v) is 2.75. The molecular weight excluding hydrogens is 342 g/mol. The zero-order valence-electron chi connectivity index (χ0n) is 12.4. The van der Waals surface area contributed by atoms with Crippen LogP contribution in [0.4, 0.5) is 0 Å². The van der Waals surface area contributed by atoms with Gasteiger partial charge in [0.05, 0.1) is 5.75 Å². The van der Waals surface area contributed by atoms with Crippen molar-refractivity contribution in [1.82, 2.24) is 5.32 Å². The van der Waals surface area contributed by atoms with Crippen LogP contribution in [0.5, 0.6) is 5.75 Å². The number of hydrogen-bond acceptors (Lipinski definition) is 4. The first kappa shape index (κ1) is 17.5. The predicted molar refractivity (Wildman–Crippen MR) is 86.1 cm³/mol. The molecule has 0 saturated heterocycles. The molecule has 0 spiro atoms. The lowest BCUT2D eigenvalue weighted by Crippen LogP contribution is -2.22. The molecule has 20 heavy (non-hydrogen) atoms. The summed E-state index contributed by atoms with van der Waals surface area (Å²) in [7, 11) is -3.00. The summed E-state index contributed by atoms with van der Waals surface area (Å²) < 4.78 is 29.0. The van der Waals surface area contributed by atoms with Crippen molar-refractivity contribution in [3.8, 4) is 5.75 Å². The second-order valence-corrected chi connectivity index (χ2v) is 8.40. The minimum atomic E-state index is -3.00. The lowest BCUT2D eigenvalue weighted by molar-refractivity contribution is 0.333. The third-order valence-corrected chi connectivity index (χ3v) is 4.08. The minimum absolute atomic E-state index is 0.0273. The van der Waals surface area contributed by atoms with Crippen LogP contribution in [0.25, 0.3) is 0 Å². The Morgan fingerprint density at radius 2 is 2.00 bits per heavy atom. The number of aryl methyl sites for hydroxylation is 1. The monoisotopic (exact) mass is 363 g/mol. The average molecular weight is 364 g/mol. The standard InChI is InChI=1S/C14H22BrNO3S/c1-10(2)16-9-12-8-13(15)7-11(3)14(12)19-5-6-20(4,17)18/h7-8,10,16H,5-6,9H2,1-4H3. The van der Waals surface area contributed by atoms with Crippen molar-refractivity contribution in [2.45, 2.75) is 33.4 Å². The van der Waals surface area contributed by atoms with Gasteiger partial charge in [0, 0.05) is 28.9 Å². The van der Waals surface area contributed by atoms with Gasteiger partial charge in [-0.15, -0.1) is 0 Å². The van der Waals surface area contributed by atoms with E-state index in [9.17, 15) is 8.42 Å². The summed E-state index contributed by atoms with van der Waals surface area (Å²) in [5.41, 5.74) is 2.02. The van der Waals surface area contributed by atoms with Crippen LogP contribution < -0.4 is 10.1 Å². The maximum absolute atomic E-state index is 11.2. The molecule has 1 N–H and O–H groups in total. The van der Waals surface area contributed by atoms with Crippen molar-refractivity contribution in [3.63, 3.8) is 0 Å². The largest absolute Gasteiger partial charge is 0.492 e. The number of halogens is 1. The van der Waals surface area contributed by atoms with E-state index in [0.29, 0.717) is 12.6 Å². The van der Waals surface area contributed by atoms with Crippen LogP contribution in [-0.2, 0) is 16.4 Å². The molecule has 0 unspecified atom stereocenters. The van der Waals surface area contributed by atoms with Gasteiger partial charge in [0.15, 0.2) is 9.84 Å². The third kappa shape index (κ3) is 6.24. The number of benzene rings is 1. The summed E-state index contributed by atoms with van der Waals surface area (Å²) in [6.45, 7) is 6.98. The fourth-order valence-electron chi connectivity index (χ4n) is 1.75. The van der Waals surface area contributed by atoms with Gasteiger partial charge in [-0.25, -0.2) is 8.42 Å². The van der Waals surface area contributed by atoms with Gasteiger partial charge in [-0.05, 0) is 24.6 Å². The molecule has 0 aromatic heterocycles. The topological polar surface area (TPSA) is 55.4 Å². The van der Waals surface area contributed by atoms with Crippen LogP contribution in [0, 0.1) is 6.92 Å². The molecule has 0 bridgehead atoms. The Bertz CT molecular complexity index is 556. The van der Waals surface area contributed by atoms with E-state index in [1.165, 1.54) is 6.26 Å². The van der Waals surface area contributed by atoms with Crippen molar-refractivity contribution in [1.29, 1.82) is 0 Å². The highest BCUT2D eigenvalue weighted by atomic mass is 79.9. The van der Waals surface area contributed by atoms with Crippen LogP contribution in [0.1, 0.15) is 25.0 Å². The molecule has 114 valence electrons. The molecule has 0 saturated carbocycles. The summed E-state index contributed by atoms with van der Waals surface area (Å²) in [6.07, 6.45) is 1.21. The molecule has 6 heteroatoms. The van der Waals surface area contributed by atoms with Crippen molar-refractivity contribution in [3.05, 3.63) is 27.7 Å². The Hall–Kier alpha value is -0.590. The maximum atomic E-state index is 11.2. The SMILES string of the molecule is Cc1cc(Br)cc(CNC(C)C)c1OCCS(C)(=O)=O. The molecule has 0 fully saturated rings. The van der Waals surface area contributed by atoms with Gasteiger partial charge >= 0.3 is 0 Å². The van der Waals surface area contributed by atoms with Crippen molar-refractivity contribution < 1.29 is 13.2 Å². The van der Waals surface area contributed by atoms with Gasteiger partial charge in [0.25, 0.3) is 0 Å². The number of nitrogens with one attached hydrogen (secondary N) is 1. The maximum Gasteiger partial charge on any atom is 0.150 e. The number of hydrogen-bond donors (Lipinski definition) is 1. The normalized spacial score (nSPS) is 11.9. The molecule has 1 aromatic carbocycles. The second-order valence-electron chi connectivity index (χ2n) is 5.22. The quantitative estimate of drug-likeness (QED) is 0.808. The first-order valence-corrected chi connectivity index (χ1v) is 9.37. The fraction of sp³-hybridized carbons (Fsp3) is 0.571. The average Bonchev–Trinajstić information content (AvgIpc) is 2.27. The van der Waals surface area contributed by atoms with Gasteiger partial charge in [-0.2, -0.15) is 0 Å². The van der Waals surface area contributed by atoms with Gasteiger partial charge in [0.1, 0.15) is 12.4 Å². The highest BCUT2D eigenvalue weighted by Crippen LogP contribution is 2.28. The summed E-state index contributed by atoms with van der Waals surface area (Å²) >= 11 is 3.47. The second kappa shape index (κ2) is 7.43. The van der Waals surface area contributed by atoms with E-state index in [2.05, 4.69) is 35.1 Å². The van der Waals surface area contributed by atoms with E-state index in [-0.39, 0.29) is 12.4 Å². The molecule has 0 atom stereocenters. The van der Waals surface area contributed by atoms with Gasteiger partial charge in [-0.3, -0.25) is 0 Å². The van der Waals surface area contributed by atoms with Crippen molar-refractivity contribution >= 4 is 25.8 Å². The third-order valence-electron chi connectivity index (χ3n) is 2.72. The summed E-state index contributed by atoms with van der Waals surface area (Å²) in [4.78, 5) is 0. The van der Waals surface area contributed by atoms with Crippen molar-refractivity contribution in [2.24, 2.45) is 0 Å². The molecule has 1 aromatic rings. The van der Waals surface area contributed by atoms with E-state index in [1.54, 1.807) is 0 Å². The molecule has 1 rings (SSSR count). The summed E-state index contributed by atoms with van der Waals surface area (Å²) in [6, 6.07) is 4.34. The molecule has 0 amide bonds. The molecular formula is C14H22BrNO3S. The first-order chi connectivity index (χ1) is 9.19. The molecule has 0 aliphatic heterocycles. The smallest absolute Gasteiger partial charge is 0.150 e. The molecule has 4 nitrogen and oxygen atoms in total. The lowest BCUT2D eigenvalue weighted by atomic mass is 10.1. The summed E-state index contributed by atoms with van der Waals surface area (Å²) in [5.74, 6) is 0.796. The highest BCUT2D eigenvalue weighted by Gasteiger charge is 2.11. The Balaban J connectivity index is 2.86. The van der Waals surface area contributed by atoms with Gasteiger partial charge < -0.3 is 10.1 Å². The predicted octanol–water partition coefficient (Wildman–Crippen LogP) is 2.68. The van der Waals surface area contributed by atoms with Crippen molar-refractivity contribution in [2.75, 3.05) is 18.6 Å². The zero-order valence-corrected chi connectivity index (χ0v) is 14.8. The van der Waals surface area contributed by atoms with Crippen LogP contribution in [0.3, 0.4) is 0 Å². The Morgan fingerprint density at radius 3 is 2.55 bits per heavy atom. The molecule has 0 aliphatic carbocycles. The summed E-state index contributed by atoms with van der Waals surface area (Å²) in [5, 5.41) is 3.34. The van der Waals surface area contributed by atoms with E-state index >= 15 is 0 Å². The van der Waals surface area contributed by atoms with Crippen LogP contribution in [0.2, 0.25) is 0 Å². The number of rotatable bonds is 7.